The van der Waals surface area contributed by atoms with Gasteiger partial charge in [0.1, 0.15) is 5.75 Å². The van der Waals surface area contributed by atoms with E-state index in [1.54, 1.807) is 31.2 Å². The van der Waals surface area contributed by atoms with Crippen LogP contribution in [0.5, 0.6) is 5.75 Å². The summed E-state index contributed by atoms with van der Waals surface area (Å²) in [4.78, 5) is 44.1. The van der Waals surface area contributed by atoms with Gasteiger partial charge >= 0.3 is 6.03 Å². The fourth-order valence-corrected chi connectivity index (χ4v) is 3.00. The number of imide groups is 2. The molecule has 1 unspecified atom stereocenters. The first-order valence-electron chi connectivity index (χ1n) is 9.10. The van der Waals surface area contributed by atoms with Crippen LogP contribution in [0.3, 0.4) is 0 Å². The molecule has 0 radical (unpaired) electrons. The Morgan fingerprint density at radius 1 is 1.19 bits per heavy atom. The predicted molar refractivity (Wildman–Crippen MR) is 102 cm³/mol. The molecule has 1 fully saturated rings. The number of aliphatic imine (C=N–C) groups is 1. The zero-order chi connectivity index (χ0) is 20.0. The number of anilines is 1. The quantitative estimate of drug-likeness (QED) is 0.504. The van der Waals surface area contributed by atoms with Crippen molar-refractivity contribution < 1.29 is 24.0 Å². The zero-order valence-electron chi connectivity index (χ0n) is 16.2. The molecule has 1 aliphatic heterocycles. The van der Waals surface area contributed by atoms with Crippen molar-refractivity contribution in [2.45, 2.75) is 20.8 Å². The van der Waals surface area contributed by atoms with E-state index in [2.05, 4.69) is 24.2 Å². The molecule has 2 N–H and O–H groups in total. The number of likely N-dealkylation sites (N-methyl/N-ethyl adjacent to an activating group) is 1. The van der Waals surface area contributed by atoms with Crippen LogP contribution in [0.4, 0.5) is 10.5 Å². The molecule has 146 valence electrons. The van der Waals surface area contributed by atoms with Gasteiger partial charge in [0, 0.05) is 5.71 Å². The monoisotopic (exact) mass is 375 g/mol. The first kappa shape index (κ1) is 20.6. The Hall–Kier alpha value is -2.74. The van der Waals surface area contributed by atoms with Gasteiger partial charge in [-0.25, -0.2) is 9.69 Å². The molecule has 1 heterocycles. The lowest BCUT2D eigenvalue weighted by molar-refractivity contribution is -0.894. The Kier molecular flexibility index (Phi) is 7.06. The first-order valence-corrected chi connectivity index (χ1v) is 9.10. The molecule has 1 aliphatic rings. The maximum Gasteiger partial charge on any atom is 0.335 e. The highest BCUT2D eigenvalue weighted by molar-refractivity contribution is 6.35. The number of hydrogen-bond acceptors (Lipinski definition) is 5. The van der Waals surface area contributed by atoms with Crippen molar-refractivity contribution in [2.75, 3.05) is 38.2 Å². The number of amides is 4. The molecule has 1 aromatic rings. The van der Waals surface area contributed by atoms with Gasteiger partial charge in [-0.1, -0.05) is 0 Å². The summed E-state index contributed by atoms with van der Waals surface area (Å²) in [5.41, 5.74) is 0.784. The van der Waals surface area contributed by atoms with E-state index >= 15 is 0 Å². The molecule has 8 heteroatoms. The number of carbonyl (C=O) groups excluding carboxylic acids is 3. The summed E-state index contributed by atoms with van der Waals surface area (Å²) < 4.78 is 5.09. The summed E-state index contributed by atoms with van der Waals surface area (Å²) in [6, 6.07) is 5.73. The highest BCUT2D eigenvalue weighted by Crippen LogP contribution is 2.24. The van der Waals surface area contributed by atoms with Crippen molar-refractivity contribution in [2.24, 2.45) is 10.9 Å². The Labute approximate surface area is 159 Å². The third-order valence-corrected chi connectivity index (χ3v) is 4.74. The minimum atomic E-state index is -1.10. The SMILES string of the molecule is CC[NH+](CC)CCN=C(C)C1C(=O)NC(=O)N(c2ccc(OC)cc2)C1=O. The predicted octanol–water partition coefficient (Wildman–Crippen LogP) is 0.280. The third kappa shape index (κ3) is 4.71. The molecule has 0 saturated carbocycles. The van der Waals surface area contributed by atoms with Gasteiger partial charge in [0.2, 0.25) is 5.91 Å². The molecule has 8 nitrogen and oxygen atoms in total. The molecule has 0 aromatic heterocycles. The lowest BCUT2D eigenvalue weighted by Crippen LogP contribution is -3.11. The summed E-state index contributed by atoms with van der Waals surface area (Å²) in [6.07, 6.45) is 0. The average Bonchev–Trinajstić information content (AvgIpc) is 2.65. The van der Waals surface area contributed by atoms with E-state index in [0.717, 1.165) is 24.5 Å². The van der Waals surface area contributed by atoms with Crippen LogP contribution >= 0.6 is 0 Å². The smallest absolute Gasteiger partial charge is 0.335 e. The number of rotatable bonds is 8. The summed E-state index contributed by atoms with van der Waals surface area (Å²) in [6.45, 7) is 9.20. The van der Waals surface area contributed by atoms with Crippen molar-refractivity contribution in [1.29, 1.82) is 0 Å². The minimum Gasteiger partial charge on any atom is -0.497 e. The van der Waals surface area contributed by atoms with Gasteiger partial charge in [-0.3, -0.25) is 19.9 Å². The van der Waals surface area contributed by atoms with E-state index in [1.807, 2.05) is 0 Å². The molecule has 1 saturated heterocycles. The topological polar surface area (TPSA) is 92.5 Å². The van der Waals surface area contributed by atoms with Crippen LogP contribution in [-0.4, -0.2) is 56.8 Å². The number of urea groups is 1. The molecule has 1 aromatic carbocycles. The first-order chi connectivity index (χ1) is 12.9. The number of hydrogen-bond donors (Lipinski definition) is 2. The van der Waals surface area contributed by atoms with Crippen molar-refractivity contribution in [3.63, 3.8) is 0 Å². The zero-order valence-corrected chi connectivity index (χ0v) is 16.2. The normalized spacial score (nSPS) is 18.1. The van der Waals surface area contributed by atoms with Gasteiger partial charge in [0.25, 0.3) is 5.91 Å². The highest BCUT2D eigenvalue weighted by Gasteiger charge is 2.42. The lowest BCUT2D eigenvalue weighted by atomic mass is 9.99. The maximum atomic E-state index is 12.9. The van der Waals surface area contributed by atoms with E-state index in [9.17, 15) is 14.4 Å². The third-order valence-electron chi connectivity index (χ3n) is 4.74. The average molecular weight is 375 g/mol. The van der Waals surface area contributed by atoms with Gasteiger partial charge < -0.3 is 9.64 Å². The summed E-state index contributed by atoms with van der Waals surface area (Å²) >= 11 is 0. The molecule has 0 bridgehead atoms. The Morgan fingerprint density at radius 3 is 2.37 bits per heavy atom. The summed E-state index contributed by atoms with van der Waals surface area (Å²) in [5.74, 6) is -1.72. The largest absolute Gasteiger partial charge is 0.497 e. The number of barbiturate groups is 1. The van der Waals surface area contributed by atoms with Crippen LogP contribution in [0.2, 0.25) is 0 Å². The van der Waals surface area contributed by atoms with Crippen LogP contribution in [-0.2, 0) is 9.59 Å². The molecular weight excluding hydrogens is 348 g/mol. The van der Waals surface area contributed by atoms with Crippen molar-refractivity contribution in [3.05, 3.63) is 24.3 Å². The van der Waals surface area contributed by atoms with Gasteiger partial charge in [-0.05, 0) is 45.0 Å². The lowest BCUT2D eigenvalue weighted by Gasteiger charge is -2.30. The van der Waals surface area contributed by atoms with Gasteiger partial charge in [0.15, 0.2) is 5.92 Å². The summed E-state index contributed by atoms with van der Waals surface area (Å²) in [5, 5.41) is 2.25. The van der Waals surface area contributed by atoms with E-state index in [4.69, 9.17) is 4.74 Å². The van der Waals surface area contributed by atoms with Gasteiger partial charge in [-0.2, -0.15) is 0 Å². The van der Waals surface area contributed by atoms with Crippen LogP contribution < -0.4 is 19.9 Å². The second-order valence-corrected chi connectivity index (χ2v) is 6.33. The molecule has 2 rings (SSSR count). The fraction of sp³-hybridized carbons (Fsp3) is 0.474. The van der Waals surface area contributed by atoms with Crippen LogP contribution in [0.15, 0.2) is 29.3 Å². The number of nitrogens with zero attached hydrogens (tertiary/aromatic N) is 2. The number of quaternary nitrogens is 1. The fourth-order valence-electron chi connectivity index (χ4n) is 3.00. The summed E-state index contributed by atoms with van der Waals surface area (Å²) in [7, 11) is 1.53. The van der Waals surface area contributed by atoms with E-state index < -0.39 is 23.8 Å². The highest BCUT2D eigenvalue weighted by atomic mass is 16.5. The van der Waals surface area contributed by atoms with E-state index in [-0.39, 0.29) is 0 Å². The van der Waals surface area contributed by atoms with Gasteiger partial charge in [0.05, 0.1) is 39.0 Å². The van der Waals surface area contributed by atoms with Crippen LogP contribution in [0, 0.1) is 5.92 Å². The Balaban J connectivity index is 2.19. The van der Waals surface area contributed by atoms with Crippen molar-refractivity contribution >= 4 is 29.2 Å². The number of ether oxygens (including phenoxy) is 1. The number of carbonyl (C=O) groups is 3. The maximum absolute atomic E-state index is 12.9. The second kappa shape index (κ2) is 9.27. The van der Waals surface area contributed by atoms with Crippen molar-refractivity contribution in [1.82, 2.24) is 5.32 Å². The number of benzene rings is 1. The molecule has 27 heavy (non-hydrogen) atoms. The number of nitrogens with one attached hydrogen (secondary N) is 2. The molecular formula is C19H27N4O4+. The minimum absolute atomic E-state index is 0.371. The standard InChI is InChI=1S/C19H26N4O4/c1-5-22(6-2)12-11-20-13(3)16-17(24)21-19(26)23(18(16)25)14-7-9-15(27-4)10-8-14/h7-10,16H,5-6,11-12H2,1-4H3,(H,21,24,26)/p+1. The van der Waals surface area contributed by atoms with Crippen molar-refractivity contribution in [3.8, 4) is 5.75 Å². The van der Waals surface area contributed by atoms with Crippen LogP contribution in [0.25, 0.3) is 0 Å². The van der Waals surface area contributed by atoms with E-state index in [1.165, 1.54) is 12.0 Å². The number of methoxy groups -OCH3 is 1. The molecule has 4 amide bonds. The molecule has 1 atom stereocenters. The Bertz CT molecular complexity index is 726. The Morgan fingerprint density at radius 2 is 1.81 bits per heavy atom. The van der Waals surface area contributed by atoms with Gasteiger partial charge in [-0.15, -0.1) is 0 Å². The van der Waals surface area contributed by atoms with E-state index in [0.29, 0.717) is 23.7 Å². The molecule has 0 aliphatic carbocycles. The molecule has 0 spiro atoms. The second-order valence-electron chi connectivity index (χ2n) is 6.33. The van der Waals surface area contributed by atoms with Crippen LogP contribution in [0.1, 0.15) is 20.8 Å².